The van der Waals surface area contributed by atoms with Crippen LogP contribution in [0, 0.1) is 0 Å². The molecule has 1 heterocycles. The van der Waals surface area contributed by atoms with Crippen LogP contribution in [0.3, 0.4) is 0 Å². The zero-order valence-corrected chi connectivity index (χ0v) is 8.11. The van der Waals surface area contributed by atoms with E-state index in [4.69, 9.17) is 5.53 Å². The number of hydrogen-bond donors (Lipinski definition) is 0. The Bertz CT molecular complexity index is 496. The summed E-state index contributed by atoms with van der Waals surface area (Å²) in [6.07, 6.45) is 0.775. The number of fused-ring (bicyclic) bond motifs is 1. The Morgan fingerprint density at radius 3 is 3.13 bits per heavy atom. The number of aromatic nitrogens is 3. The van der Waals surface area contributed by atoms with Gasteiger partial charge in [-0.05, 0) is 24.1 Å². The van der Waals surface area contributed by atoms with Crippen LogP contribution in [0.1, 0.15) is 6.42 Å². The molecule has 2 aromatic rings. The van der Waals surface area contributed by atoms with Crippen molar-refractivity contribution in [3.8, 4) is 0 Å². The monoisotopic (exact) mass is 202 g/mol. The quantitative estimate of drug-likeness (QED) is 0.329. The number of hydrogen-bond acceptors (Lipinski definition) is 3. The van der Waals surface area contributed by atoms with Gasteiger partial charge in [0.15, 0.2) is 0 Å². The number of aryl methyl sites for hydroxylation is 1. The first-order chi connectivity index (χ1) is 7.42. The van der Waals surface area contributed by atoms with Gasteiger partial charge in [-0.15, -0.1) is 5.10 Å². The molecule has 0 spiro atoms. The van der Waals surface area contributed by atoms with E-state index in [1.807, 2.05) is 28.9 Å². The summed E-state index contributed by atoms with van der Waals surface area (Å²) >= 11 is 0. The predicted molar refractivity (Wildman–Crippen MR) is 56.2 cm³/mol. The van der Waals surface area contributed by atoms with Crippen LogP contribution in [-0.4, -0.2) is 21.5 Å². The average molecular weight is 202 g/mol. The Balaban J connectivity index is 2.11. The fourth-order valence-electron chi connectivity index (χ4n) is 1.42. The molecule has 15 heavy (non-hydrogen) atoms. The van der Waals surface area contributed by atoms with Gasteiger partial charge in [-0.1, -0.05) is 22.5 Å². The second kappa shape index (κ2) is 4.43. The van der Waals surface area contributed by atoms with Crippen LogP contribution in [0.2, 0.25) is 0 Å². The topological polar surface area (TPSA) is 79.5 Å². The van der Waals surface area contributed by atoms with Gasteiger partial charge in [-0.25, -0.2) is 4.68 Å². The summed E-state index contributed by atoms with van der Waals surface area (Å²) in [5.41, 5.74) is 10.0. The minimum Gasteiger partial charge on any atom is -0.245 e. The van der Waals surface area contributed by atoms with E-state index >= 15 is 0 Å². The Labute approximate surface area is 86.1 Å². The number of nitrogens with zero attached hydrogens (tertiary/aromatic N) is 6. The van der Waals surface area contributed by atoms with E-state index in [1.54, 1.807) is 0 Å². The summed E-state index contributed by atoms with van der Waals surface area (Å²) < 4.78 is 1.82. The molecule has 0 aliphatic heterocycles. The fourth-order valence-corrected chi connectivity index (χ4v) is 1.42. The molecule has 0 radical (unpaired) electrons. The van der Waals surface area contributed by atoms with Crippen molar-refractivity contribution in [2.75, 3.05) is 6.54 Å². The van der Waals surface area contributed by atoms with Gasteiger partial charge in [0, 0.05) is 18.0 Å². The van der Waals surface area contributed by atoms with Gasteiger partial charge >= 0.3 is 0 Å². The lowest BCUT2D eigenvalue weighted by molar-refractivity contribution is 0.579. The molecule has 1 aromatic heterocycles. The normalized spacial score (nSPS) is 10.1. The van der Waals surface area contributed by atoms with Crippen molar-refractivity contribution in [3.05, 3.63) is 34.7 Å². The molecule has 0 unspecified atom stereocenters. The van der Waals surface area contributed by atoms with E-state index in [0.29, 0.717) is 6.54 Å². The standard InChI is InChI=1S/C9H10N6/c10-13-11-6-3-7-15-9-5-2-1-4-8(9)12-14-15/h1-2,4-5H,3,6-7H2. The second-order valence-electron chi connectivity index (χ2n) is 3.11. The summed E-state index contributed by atoms with van der Waals surface area (Å²) in [4.78, 5) is 2.70. The average Bonchev–Trinajstić information content (AvgIpc) is 2.68. The summed E-state index contributed by atoms with van der Waals surface area (Å²) in [6, 6.07) is 7.78. The Morgan fingerprint density at radius 2 is 2.27 bits per heavy atom. The molecular formula is C9H10N6. The molecular weight excluding hydrogens is 192 g/mol. The van der Waals surface area contributed by atoms with Gasteiger partial charge in [-0.3, -0.25) is 0 Å². The third-order valence-corrected chi connectivity index (χ3v) is 2.11. The first-order valence-corrected chi connectivity index (χ1v) is 4.71. The van der Waals surface area contributed by atoms with Crippen molar-refractivity contribution in [2.24, 2.45) is 5.11 Å². The van der Waals surface area contributed by atoms with Crippen LogP contribution >= 0.6 is 0 Å². The van der Waals surface area contributed by atoms with Crippen molar-refractivity contribution >= 4 is 11.0 Å². The smallest absolute Gasteiger partial charge is 0.113 e. The van der Waals surface area contributed by atoms with E-state index in [1.165, 1.54) is 0 Å². The highest BCUT2D eigenvalue weighted by atomic mass is 15.4. The third kappa shape index (κ3) is 2.05. The molecule has 76 valence electrons. The van der Waals surface area contributed by atoms with E-state index in [0.717, 1.165) is 24.0 Å². The Kier molecular flexibility index (Phi) is 2.80. The molecule has 0 amide bonds. The lowest BCUT2D eigenvalue weighted by Crippen LogP contribution is -2.01. The van der Waals surface area contributed by atoms with Crippen LogP contribution in [0.25, 0.3) is 21.5 Å². The van der Waals surface area contributed by atoms with Gasteiger partial charge in [0.25, 0.3) is 0 Å². The molecule has 0 saturated carbocycles. The molecule has 0 fully saturated rings. The molecule has 6 nitrogen and oxygen atoms in total. The first kappa shape index (κ1) is 9.48. The van der Waals surface area contributed by atoms with Crippen LogP contribution < -0.4 is 0 Å². The summed E-state index contributed by atoms with van der Waals surface area (Å²) in [5, 5.41) is 11.5. The van der Waals surface area contributed by atoms with Gasteiger partial charge in [0.1, 0.15) is 5.52 Å². The minimum absolute atomic E-state index is 0.491. The number of azide groups is 1. The van der Waals surface area contributed by atoms with Crippen molar-refractivity contribution in [2.45, 2.75) is 13.0 Å². The first-order valence-electron chi connectivity index (χ1n) is 4.71. The maximum Gasteiger partial charge on any atom is 0.113 e. The summed E-state index contributed by atoms with van der Waals surface area (Å²) in [7, 11) is 0. The Morgan fingerprint density at radius 1 is 1.40 bits per heavy atom. The third-order valence-electron chi connectivity index (χ3n) is 2.11. The van der Waals surface area contributed by atoms with E-state index in [-0.39, 0.29) is 0 Å². The highest BCUT2D eigenvalue weighted by Gasteiger charge is 2.01. The predicted octanol–water partition coefficient (Wildman–Crippen LogP) is 2.13. The largest absolute Gasteiger partial charge is 0.245 e. The van der Waals surface area contributed by atoms with Crippen molar-refractivity contribution in [3.63, 3.8) is 0 Å². The fraction of sp³-hybridized carbons (Fsp3) is 0.333. The van der Waals surface area contributed by atoms with Crippen LogP contribution in [0.15, 0.2) is 29.4 Å². The molecule has 0 atom stereocenters. The molecule has 1 aromatic carbocycles. The van der Waals surface area contributed by atoms with Crippen LogP contribution in [0.4, 0.5) is 0 Å². The zero-order valence-electron chi connectivity index (χ0n) is 8.11. The van der Waals surface area contributed by atoms with Crippen molar-refractivity contribution < 1.29 is 0 Å². The van der Waals surface area contributed by atoms with E-state index < -0.39 is 0 Å². The van der Waals surface area contributed by atoms with Gasteiger partial charge in [-0.2, -0.15) is 0 Å². The highest BCUT2D eigenvalue weighted by Crippen LogP contribution is 2.09. The molecule has 0 aliphatic rings. The van der Waals surface area contributed by atoms with Crippen LogP contribution in [-0.2, 0) is 6.54 Å². The van der Waals surface area contributed by atoms with Gasteiger partial charge in [0.05, 0.1) is 5.52 Å². The molecule has 0 N–H and O–H groups in total. The summed E-state index contributed by atoms with van der Waals surface area (Å²) in [5.74, 6) is 0. The summed E-state index contributed by atoms with van der Waals surface area (Å²) in [6.45, 7) is 1.21. The van der Waals surface area contributed by atoms with E-state index in [2.05, 4.69) is 20.3 Å². The minimum atomic E-state index is 0.491. The lowest BCUT2D eigenvalue weighted by Gasteiger charge is -1.98. The van der Waals surface area contributed by atoms with Gasteiger partial charge < -0.3 is 0 Å². The molecule has 6 heteroatoms. The SMILES string of the molecule is [N-]=[N+]=NCCCn1nnc2ccccc21. The van der Waals surface area contributed by atoms with Crippen molar-refractivity contribution in [1.29, 1.82) is 0 Å². The number of benzene rings is 1. The molecule has 0 saturated heterocycles. The number of rotatable bonds is 4. The second-order valence-corrected chi connectivity index (χ2v) is 3.11. The van der Waals surface area contributed by atoms with Crippen molar-refractivity contribution in [1.82, 2.24) is 15.0 Å². The Hall–Kier alpha value is -2.07. The zero-order chi connectivity index (χ0) is 10.5. The lowest BCUT2D eigenvalue weighted by atomic mass is 10.3. The van der Waals surface area contributed by atoms with Gasteiger partial charge in [0.2, 0.25) is 0 Å². The van der Waals surface area contributed by atoms with E-state index in [9.17, 15) is 0 Å². The maximum absolute atomic E-state index is 8.12. The number of para-hydroxylation sites is 1. The molecule has 2 rings (SSSR count). The van der Waals surface area contributed by atoms with Crippen LogP contribution in [0.5, 0.6) is 0 Å². The molecule has 0 aliphatic carbocycles. The highest BCUT2D eigenvalue weighted by molar-refractivity contribution is 5.73. The maximum atomic E-state index is 8.12. The molecule has 0 bridgehead atoms.